The summed E-state index contributed by atoms with van der Waals surface area (Å²) in [5.41, 5.74) is 17.2. The van der Waals surface area contributed by atoms with Crippen molar-refractivity contribution in [1.82, 2.24) is 42.2 Å². The number of hydrogen-bond acceptors (Lipinski definition) is 11. The standard InChI is InChI=1S/C36H49N11O12/c1-3-16(2)30-36(59)46-23(13-27(39)50)34(57)44-22(12-26(38)49)33(56)43-21(11-25(37)48)31(54)40-9-8-28(51)42-20(10-17-15-41-19-7-5-4-6-18(17)19)32(55)45-24(14-29(52)53)35(58)47-30/h4-7,15-16,20-24,30,41H,3,8-14H2,1-2H3,(H2,37,48)(H2,38,49)(H2,39,50)(H,40,54)(H,42,51)(H,43,56)(H,44,57)(H,45,55)(H,46,59)(H,47,58)(H,52,53)/t16-,20?,21?,22-,23-,24-,30-/m0/s1. The number of rotatable bonds is 12. The van der Waals surface area contributed by atoms with Gasteiger partial charge >= 0.3 is 5.97 Å². The largest absolute Gasteiger partial charge is 0.481 e. The van der Waals surface area contributed by atoms with E-state index in [1.54, 1.807) is 37.4 Å². The molecule has 15 N–H and O–H groups in total. The molecule has 1 aliphatic rings. The van der Waals surface area contributed by atoms with Gasteiger partial charge in [0.05, 0.1) is 25.7 Å². The minimum Gasteiger partial charge on any atom is -0.481 e. The van der Waals surface area contributed by atoms with Gasteiger partial charge in [0, 0.05) is 36.5 Å². The number of primary amides is 3. The molecule has 7 atom stereocenters. The number of aliphatic carboxylic acids is 1. The highest BCUT2D eigenvalue weighted by Gasteiger charge is 2.37. The highest BCUT2D eigenvalue weighted by molar-refractivity contribution is 6.00. The van der Waals surface area contributed by atoms with Crippen LogP contribution in [0, 0.1) is 5.92 Å². The van der Waals surface area contributed by atoms with E-state index in [0.29, 0.717) is 16.5 Å². The first-order valence-electron chi connectivity index (χ1n) is 18.5. The highest BCUT2D eigenvalue weighted by atomic mass is 16.4. The van der Waals surface area contributed by atoms with E-state index in [1.165, 1.54) is 6.92 Å². The summed E-state index contributed by atoms with van der Waals surface area (Å²) in [5.74, 6) is -13.0. The number of carboxylic acid groups (broad SMARTS) is 1. The van der Waals surface area contributed by atoms with Gasteiger partial charge in [-0.2, -0.15) is 0 Å². The van der Waals surface area contributed by atoms with Gasteiger partial charge in [-0.1, -0.05) is 38.5 Å². The summed E-state index contributed by atoms with van der Waals surface area (Å²) >= 11 is 0. The number of H-pyrrole nitrogens is 1. The van der Waals surface area contributed by atoms with Crippen molar-refractivity contribution in [2.45, 2.75) is 95.0 Å². The van der Waals surface area contributed by atoms with Gasteiger partial charge in [-0.3, -0.25) is 52.7 Å². The van der Waals surface area contributed by atoms with Gasteiger partial charge in [-0.25, -0.2) is 0 Å². The molecule has 0 radical (unpaired) electrons. The molecule has 1 saturated heterocycles. The van der Waals surface area contributed by atoms with E-state index in [4.69, 9.17) is 17.2 Å². The molecule has 0 aliphatic carbocycles. The third-order valence-corrected chi connectivity index (χ3v) is 9.32. The Hall–Kier alpha value is -7.07. The number of nitrogens with one attached hydrogen (secondary N) is 8. The Morgan fingerprint density at radius 1 is 0.661 bits per heavy atom. The molecule has 0 bridgehead atoms. The molecule has 0 saturated carbocycles. The molecule has 320 valence electrons. The minimum absolute atomic E-state index is 0.171. The maximum Gasteiger partial charge on any atom is 0.305 e. The number of fused-ring (bicyclic) bond motifs is 1. The zero-order valence-corrected chi connectivity index (χ0v) is 32.3. The molecule has 1 aromatic carbocycles. The minimum atomic E-state index is -1.85. The van der Waals surface area contributed by atoms with Crippen molar-refractivity contribution in [2.24, 2.45) is 23.1 Å². The molecule has 23 nitrogen and oxygen atoms in total. The second-order valence-electron chi connectivity index (χ2n) is 14.0. The first-order chi connectivity index (χ1) is 27.8. The summed E-state index contributed by atoms with van der Waals surface area (Å²) in [6.07, 6.45) is -2.33. The summed E-state index contributed by atoms with van der Waals surface area (Å²) in [7, 11) is 0. The van der Waals surface area contributed by atoms with Crippen molar-refractivity contribution in [2.75, 3.05) is 6.54 Å². The number of para-hydroxylation sites is 1. The maximum atomic E-state index is 13.9. The van der Waals surface area contributed by atoms with Gasteiger partial charge in [0.25, 0.3) is 0 Å². The number of benzene rings is 1. The molecule has 2 heterocycles. The average Bonchev–Trinajstić information content (AvgIpc) is 3.56. The molecule has 1 aliphatic heterocycles. The van der Waals surface area contributed by atoms with Crippen LogP contribution in [0.5, 0.6) is 0 Å². The lowest BCUT2D eigenvalue weighted by molar-refractivity contribution is -0.142. The lowest BCUT2D eigenvalue weighted by atomic mass is 9.96. The van der Waals surface area contributed by atoms with Gasteiger partial charge in [-0.15, -0.1) is 0 Å². The fourth-order valence-corrected chi connectivity index (χ4v) is 6.07. The number of aromatic nitrogens is 1. The van der Waals surface area contributed by atoms with Crippen molar-refractivity contribution in [3.8, 4) is 0 Å². The van der Waals surface area contributed by atoms with Gasteiger partial charge in [0.15, 0.2) is 0 Å². The molecule has 10 amide bonds. The van der Waals surface area contributed by atoms with E-state index in [2.05, 4.69) is 42.2 Å². The van der Waals surface area contributed by atoms with Crippen LogP contribution in [0.1, 0.15) is 57.9 Å². The first kappa shape index (κ1) is 46.3. The van der Waals surface area contributed by atoms with Gasteiger partial charge in [0.1, 0.15) is 36.3 Å². The SMILES string of the molecule is CC[C@H](C)[C@@H]1NC(=O)[C@H](CC(=O)O)NC(=O)C(Cc2c[nH]c3ccccc23)NC(=O)CCNC(=O)C(CC(N)=O)NC(=O)[C@H](CC(N)=O)NC(=O)[C@H](CC(N)=O)NC1=O. The van der Waals surface area contributed by atoms with Crippen molar-refractivity contribution in [3.63, 3.8) is 0 Å². The van der Waals surface area contributed by atoms with Crippen LogP contribution < -0.4 is 54.4 Å². The molecule has 2 unspecified atom stereocenters. The Bertz CT molecular complexity index is 1970. The predicted molar refractivity (Wildman–Crippen MR) is 204 cm³/mol. The Balaban J connectivity index is 2.10. The van der Waals surface area contributed by atoms with Gasteiger partial charge < -0.3 is 64.5 Å². The van der Waals surface area contributed by atoms with Crippen molar-refractivity contribution < 1.29 is 57.8 Å². The number of nitrogens with two attached hydrogens (primary N) is 3. The van der Waals surface area contributed by atoms with Crippen molar-refractivity contribution in [1.29, 1.82) is 0 Å². The summed E-state index contributed by atoms with van der Waals surface area (Å²) in [6.45, 7) is 2.75. The van der Waals surface area contributed by atoms with E-state index >= 15 is 0 Å². The molecule has 0 spiro atoms. The number of carboxylic acids is 1. The van der Waals surface area contributed by atoms with Crippen LogP contribution in [0.4, 0.5) is 0 Å². The van der Waals surface area contributed by atoms with E-state index in [0.717, 1.165) is 0 Å². The Kier molecular flexibility index (Phi) is 16.8. The summed E-state index contributed by atoms with van der Waals surface area (Å²) in [4.78, 5) is 146. The summed E-state index contributed by atoms with van der Waals surface area (Å²) < 4.78 is 0. The van der Waals surface area contributed by atoms with E-state index in [1.807, 2.05) is 0 Å². The first-order valence-corrected chi connectivity index (χ1v) is 18.5. The summed E-state index contributed by atoms with van der Waals surface area (Å²) in [6, 6.07) is -3.15. The lowest BCUT2D eigenvalue weighted by Gasteiger charge is -2.29. The molecule has 59 heavy (non-hydrogen) atoms. The van der Waals surface area contributed by atoms with Crippen molar-refractivity contribution >= 4 is 75.9 Å². The number of hydrogen-bond donors (Lipinski definition) is 12. The van der Waals surface area contributed by atoms with Crippen LogP contribution in [-0.2, 0) is 59.2 Å². The Morgan fingerprint density at radius 3 is 1.66 bits per heavy atom. The van der Waals surface area contributed by atoms with Crippen molar-refractivity contribution in [3.05, 3.63) is 36.0 Å². The third kappa shape index (κ3) is 14.1. The summed E-state index contributed by atoms with van der Waals surface area (Å²) in [5, 5.41) is 26.7. The second-order valence-corrected chi connectivity index (χ2v) is 14.0. The molecule has 1 fully saturated rings. The number of carbonyl (C=O) groups is 11. The van der Waals surface area contributed by atoms with Crippen LogP contribution in [0.25, 0.3) is 10.9 Å². The van der Waals surface area contributed by atoms with E-state index in [9.17, 15) is 57.8 Å². The monoisotopic (exact) mass is 827 g/mol. The Morgan fingerprint density at radius 2 is 1.14 bits per heavy atom. The van der Waals surface area contributed by atoms with Crippen LogP contribution in [-0.4, -0.2) is 118 Å². The smallest absolute Gasteiger partial charge is 0.305 e. The van der Waals surface area contributed by atoms with E-state index < -0.39 is 146 Å². The van der Waals surface area contributed by atoms with Crippen LogP contribution >= 0.6 is 0 Å². The molecule has 2 aromatic rings. The fraction of sp³-hybridized carbons (Fsp3) is 0.472. The van der Waals surface area contributed by atoms with Crippen LogP contribution in [0.15, 0.2) is 30.5 Å². The average molecular weight is 828 g/mol. The number of carbonyl (C=O) groups excluding carboxylic acids is 10. The normalized spacial score (nSPS) is 23.7. The van der Waals surface area contributed by atoms with E-state index in [-0.39, 0.29) is 12.8 Å². The topological polar surface area (TPSA) is 386 Å². The maximum absolute atomic E-state index is 13.9. The van der Waals surface area contributed by atoms with Crippen LogP contribution in [0.3, 0.4) is 0 Å². The zero-order valence-electron chi connectivity index (χ0n) is 32.3. The van der Waals surface area contributed by atoms with Gasteiger partial charge in [0.2, 0.25) is 59.1 Å². The molecule has 3 rings (SSSR count). The molecular weight excluding hydrogens is 778 g/mol. The molecular formula is C36H49N11O12. The molecule has 23 heteroatoms. The quantitative estimate of drug-likeness (QED) is 0.0961. The Labute approximate surface area is 336 Å². The highest BCUT2D eigenvalue weighted by Crippen LogP contribution is 2.19. The van der Waals surface area contributed by atoms with Gasteiger partial charge in [-0.05, 0) is 17.5 Å². The number of aromatic amines is 1. The van der Waals surface area contributed by atoms with Crippen LogP contribution in [0.2, 0.25) is 0 Å². The lowest BCUT2D eigenvalue weighted by Crippen LogP contribution is -2.61. The third-order valence-electron chi connectivity index (χ3n) is 9.32. The zero-order chi connectivity index (χ0) is 44.0. The fourth-order valence-electron chi connectivity index (χ4n) is 6.07. The predicted octanol–water partition coefficient (Wildman–Crippen LogP) is -4.71. The molecule has 1 aromatic heterocycles. The number of amides is 10. The second kappa shape index (κ2) is 21.5.